The second kappa shape index (κ2) is 7.96. The summed E-state index contributed by atoms with van der Waals surface area (Å²) in [5.41, 5.74) is -0.370. The highest BCUT2D eigenvalue weighted by Gasteiger charge is 2.19. The predicted molar refractivity (Wildman–Crippen MR) is 77.8 cm³/mol. The summed E-state index contributed by atoms with van der Waals surface area (Å²) in [6, 6.07) is 3.65. The van der Waals surface area contributed by atoms with Crippen molar-refractivity contribution in [2.75, 3.05) is 20.3 Å². The lowest BCUT2D eigenvalue weighted by molar-refractivity contribution is -0.385. The maximum Gasteiger partial charge on any atom is 0.338 e. The third-order valence-electron chi connectivity index (χ3n) is 2.64. The number of carbonyl (C=O) groups excluding carboxylic acids is 2. The Bertz CT molecular complexity index is 570. The van der Waals surface area contributed by atoms with Gasteiger partial charge in [0.1, 0.15) is 0 Å². The first kappa shape index (κ1) is 17.4. The molecule has 0 bridgehead atoms. The number of nitrogens with one attached hydrogen (secondary N) is 1. The third kappa shape index (κ3) is 5.04. The van der Waals surface area contributed by atoms with Crippen molar-refractivity contribution in [3.8, 4) is 5.75 Å². The van der Waals surface area contributed by atoms with Gasteiger partial charge in [-0.25, -0.2) is 4.79 Å². The summed E-state index contributed by atoms with van der Waals surface area (Å²) in [5, 5.41) is 13.6. The highest BCUT2D eigenvalue weighted by atomic mass is 16.6. The van der Waals surface area contributed by atoms with E-state index in [-0.39, 0.29) is 29.7 Å². The minimum atomic E-state index is -0.690. The van der Waals surface area contributed by atoms with Gasteiger partial charge in [0.15, 0.2) is 12.4 Å². The topological polar surface area (TPSA) is 108 Å². The van der Waals surface area contributed by atoms with Crippen LogP contribution in [-0.2, 0) is 9.53 Å². The maximum absolute atomic E-state index is 11.5. The van der Waals surface area contributed by atoms with Crippen LogP contribution in [0.15, 0.2) is 18.2 Å². The molecule has 0 heterocycles. The molecule has 0 saturated carbocycles. The monoisotopic (exact) mass is 310 g/mol. The summed E-state index contributed by atoms with van der Waals surface area (Å²) in [6.45, 7) is 4.03. The van der Waals surface area contributed by atoms with Crippen LogP contribution in [0.5, 0.6) is 5.75 Å². The Morgan fingerprint density at radius 1 is 1.36 bits per heavy atom. The number of ether oxygens (including phenoxy) is 2. The lowest BCUT2D eigenvalue weighted by atomic mass is 10.2. The number of nitro benzene ring substituents is 1. The molecular weight excluding hydrogens is 292 g/mol. The zero-order valence-electron chi connectivity index (χ0n) is 12.6. The third-order valence-corrected chi connectivity index (χ3v) is 2.64. The minimum Gasteiger partial charge on any atom is -0.477 e. The zero-order valence-corrected chi connectivity index (χ0v) is 12.6. The molecule has 0 aliphatic heterocycles. The first-order valence-electron chi connectivity index (χ1n) is 6.61. The van der Waals surface area contributed by atoms with Crippen molar-refractivity contribution in [1.29, 1.82) is 0 Å². The molecule has 0 atom stereocenters. The molecule has 0 aromatic heterocycles. The number of rotatable bonds is 7. The molecule has 0 unspecified atom stereocenters. The van der Waals surface area contributed by atoms with E-state index in [1.54, 1.807) is 0 Å². The molecule has 1 N–H and O–H groups in total. The van der Waals surface area contributed by atoms with Gasteiger partial charge in [0.05, 0.1) is 17.6 Å². The van der Waals surface area contributed by atoms with Crippen molar-refractivity contribution in [1.82, 2.24) is 5.32 Å². The van der Waals surface area contributed by atoms with Gasteiger partial charge in [0.25, 0.3) is 5.91 Å². The molecule has 8 nitrogen and oxygen atoms in total. The lowest BCUT2D eigenvalue weighted by Crippen LogP contribution is -2.31. The molecule has 1 aromatic rings. The van der Waals surface area contributed by atoms with Gasteiger partial charge in [-0.15, -0.1) is 0 Å². The van der Waals surface area contributed by atoms with E-state index < -0.39 is 16.6 Å². The molecule has 1 amide bonds. The van der Waals surface area contributed by atoms with Crippen molar-refractivity contribution in [2.45, 2.75) is 13.8 Å². The van der Waals surface area contributed by atoms with E-state index in [9.17, 15) is 19.7 Å². The number of benzene rings is 1. The fourth-order valence-corrected chi connectivity index (χ4v) is 1.54. The molecule has 0 aliphatic rings. The average Bonchev–Trinajstić information content (AvgIpc) is 2.49. The van der Waals surface area contributed by atoms with Gasteiger partial charge in [-0.2, -0.15) is 0 Å². The number of nitrogens with zero attached hydrogens (tertiary/aromatic N) is 1. The van der Waals surface area contributed by atoms with E-state index in [0.29, 0.717) is 6.54 Å². The van der Waals surface area contributed by atoms with Crippen LogP contribution < -0.4 is 10.1 Å². The van der Waals surface area contributed by atoms with Crippen LogP contribution in [0.2, 0.25) is 0 Å². The number of nitro groups is 1. The molecule has 0 fully saturated rings. The van der Waals surface area contributed by atoms with Crippen LogP contribution in [0.25, 0.3) is 0 Å². The summed E-state index contributed by atoms with van der Waals surface area (Å²) in [5.74, 6) is -0.862. The molecular formula is C14H18N2O6. The molecule has 0 spiro atoms. The second-order valence-electron chi connectivity index (χ2n) is 4.92. The maximum atomic E-state index is 11.5. The number of hydrogen-bond acceptors (Lipinski definition) is 6. The average molecular weight is 310 g/mol. The summed E-state index contributed by atoms with van der Waals surface area (Å²) in [7, 11) is 1.18. The summed E-state index contributed by atoms with van der Waals surface area (Å²) >= 11 is 0. The number of esters is 1. The lowest BCUT2D eigenvalue weighted by Gasteiger charge is -2.09. The van der Waals surface area contributed by atoms with Gasteiger partial charge < -0.3 is 14.8 Å². The zero-order chi connectivity index (χ0) is 16.7. The number of amides is 1. The SMILES string of the molecule is COC(=O)c1ccc(OCC(=O)NCC(C)C)c([N+](=O)[O-])c1. The van der Waals surface area contributed by atoms with E-state index in [4.69, 9.17) is 4.74 Å². The fourth-order valence-electron chi connectivity index (χ4n) is 1.54. The van der Waals surface area contributed by atoms with Crippen LogP contribution in [0, 0.1) is 16.0 Å². The Morgan fingerprint density at radius 2 is 2.05 bits per heavy atom. The van der Waals surface area contributed by atoms with Crippen molar-refractivity contribution in [2.24, 2.45) is 5.92 Å². The molecule has 22 heavy (non-hydrogen) atoms. The number of hydrogen-bond donors (Lipinski definition) is 1. The van der Waals surface area contributed by atoms with Gasteiger partial charge in [0, 0.05) is 12.6 Å². The van der Waals surface area contributed by atoms with Crippen LogP contribution in [0.1, 0.15) is 24.2 Å². The molecule has 8 heteroatoms. The first-order chi connectivity index (χ1) is 10.3. The Labute approximate surface area is 127 Å². The normalized spacial score (nSPS) is 10.2. The van der Waals surface area contributed by atoms with Gasteiger partial charge in [-0.05, 0) is 18.1 Å². The quantitative estimate of drug-likeness (QED) is 0.465. The summed E-state index contributed by atoms with van der Waals surface area (Å²) < 4.78 is 9.65. The minimum absolute atomic E-state index is 0.0332. The Balaban J connectivity index is 2.80. The van der Waals surface area contributed by atoms with E-state index in [2.05, 4.69) is 10.1 Å². The second-order valence-corrected chi connectivity index (χ2v) is 4.92. The highest BCUT2D eigenvalue weighted by molar-refractivity contribution is 5.90. The highest BCUT2D eigenvalue weighted by Crippen LogP contribution is 2.28. The molecule has 0 aliphatic carbocycles. The van der Waals surface area contributed by atoms with Gasteiger partial charge in [-0.3, -0.25) is 14.9 Å². The Hall–Kier alpha value is -2.64. The van der Waals surface area contributed by atoms with Crippen LogP contribution in [-0.4, -0.2) is 37.1 Å². The summed E-state index contributed by atoms with van der Waals surface area (Å²) in [4.78, 5) is 33.2. The van der Waals surface area contributed by atoms with Crippen molar-refractivity contribution in [3.05, 3.63) is 33.9 Å². The number of methoxy groups -OCH3 is 1. The van der Waals surface area contributed by atoms with Crippen molar-refractivity contribution >= 4 is 17.6 Å². The largest absolute Gasteiger partial charge is 0.477 e. The Morgan fingerprint density at radius 3 is 2.59 bits per heavy atom. The summed E-state index contributed by atoms with van der Waals surface area (Å²) in [6.07, 6.45) is 0. The van der Waals surface area contributed by atoms with E-state index >= 15 is 0 Å². The molecule has 120 valence electrons. The fraction of sp³-hybridized carbons (Fsp3) is 0.429. The molecule has 1 rings (SSSR count). The molecule has 0 saturated heterocycles. The smallest absolute Gasteiger partial charge is 0.338 e. The first-order valence-corrected chi connectivity index (χ1v) is 6.61. The van der Waals surface area contributed by atoms with Crippen LogP contribution in [0.3, 0.4) is 0 Å². The Kier molecular flexibility index (Phi) is 6.30. The van der Waals surface area contributed by atoms with Crippen LogP contribution >= 0.6 is 0 Å². The number of carbonyl (C=O) groups is 2. The van der Waals surface area contributed by atoms with E-state index in [1.807, 2.05) is 13.8 Å². The van der Waals surface area contributed by atoms with Gasteiger partial charge in [-0.1, -0.05) is 13.8 Å². The van der Waals surface area contributed by atoms with E-state index in [0.717, 1.165) is 6.07 Å². The van der Waals surface area contributed by atoms with Crippen molar-refractivity contribution in [3.63, 3.8) is 0 Å². The van der Waals surface area contributed by atoms with Crippen LogP contribution in [0.4, 0.5) is 5.69 Å². The van der Waals surface area contributed by atoms with Gasteiger partial charge >= 0.3 is 11.7 Å². The standard InChI is InChI=1S/C14H18N2O6/c1-9(2)7-15-13(17)8-22-12-5-4-10(14(18)21-3)6-11(12)16(19)20/h4-6,9H,7-8H2,1-3H3,(H,15,17). The van der Waals surface area contributed by atoms with Crippen molar-refractivity contribution < 1.29 is 24.0 Å². The van der Waals surface area contributed by atoms with Gasteiger partial charge in [0.2, 0.25) is 0 Å². The molecule has 0 radical (unpaired) electrons. The molecule has 1 aromatic carbocycles. The predicted octanol–water partition coefficient (Wildman–Crippen LogP) is 1.53. The van der Waals surface area contributed by atoms with E-state index in [1.165, 1.54) is 19.2 Å².